The Bertz CT molecular complexity index is 971. The van der Waals surface area contributed by atoms with Gasteiger partial charge in [-0.2, -0.15) is 0 Å². The van der Waals surface area contributed by atoms with Crippen molar-refractivity contribution in [3.05, 3.63) is 33.7 Å². The van der Waals surface area contributed by atoms with Crippen molar-refractivity contribution >= 4 is 34.2 Å². The van der Waals surface area contributed by atoms with Crippen molar-refractivity contribution in [3.63, 3.8) is 0 Å². The van der Waals surface area contributed by atoms with E-state index in [-0.39, 0.29) is 21.0 Å². The van der Waals surface area contributed by atoms with Gasteiger partial charge in [-0.1, -0.05) is 0 Å². The molecule has 2 rings (SSSR count). The number of amides is 1. The van der Waals surface area contributed by atoms with E-state index in [1.165, 1.54) is 26.4 Å². The maximum Gasteiger partial charge on any atom is 0.348 e. The summed E-state index contributed by atoms with van der Waals surface area (Å²) in [4.78, 5) is 37.7. The molecule has 2 aromatic rings. The summed E-state index contributed by atoms with van der Waals surface area (Å²) in [6.45, 7) is 8.15. The van der Waals surface area contributed by atoms with Crippen molar-refractivity contribution in [2.75, 3.05) is 39.4 Å². The van der Waals surface area contributed by atoms with Gasteiger partial charge >= 0.3 is 11.9 Å². The summed E-state index contributed by atoms with van der Waals surface area (Å²) < 4.78 is 26.5. The third kappa shape index (κ3) is 5.31. The summed E-state index contributed by atoms with van der Waals surface area (Å²) in [5, 5.41) is 2.86. The molecule has 0 aliphatic carbocycles. The lowest BCUT2D eigenvalue weighted by molar-refractivity contribution is 0.0601. The standard InChI is InChI=1S/C22H27NO8S/c1-7-29-14-10-13(11-15(30-8-2)17(14)31-9-3)19(24)23-20-16(21(25)27-5)12(4)18(32-20)22(26)28-6/h10-11H,7-9H2,1-6H3,(H,23,24). The van der Waals surface area contributed by atoms with Crippen LogP contribution in [-0.2, 0) is 9.47 Å². The highest BCUT2D eigenvalue weighted by Gasteiger charge is 2.27. The normalized spacial score (nSPS) is 10.3. The van der Waals surface area contributed by atoms with Gasteiger partial charge in [0.05, 0.1) is 39.6 Å². The number of rotatable bonds is 10. The molecule has 1 aromatic carbocycles. The molecule has 1 heterocycles. The van der Waals surface area contributed by atoms with Gasteiger partial charge < -0.3 is 29.0 Å². The molecule has 0 spiro atoms. The summed E-state index contributed by atoms with van der Waals surface area (Å²) in [6, 6.07) is 3.07. The molecule has 0 aliphatic rings. The van der Waals surface area contributed by atoms with E-state index in [1.54, 1.807) is 6.92 Å². The molecule has 0 atom stereocenters. The molecular formula is C22H27NO8S. The van der Waals surface area contributed by atoms with Crippen molar-refractivity contribution < 1.29 is 38.1 Å². The van der Waals surface area contributed by atoms with E-state index in [4.69, 9.17) is 23.7 Å². The van der Waals surface area contributed by atoms with Gasteiger partial charge in [0, 0.05) is 5.56 Å². The average Bonchev–Trinajstić information content (AvgIpc) is 3.10. The number of ether oxygens (including phenoxy) is 5. The molecule has 10 heteroatoms. The largest absolute Gasteiger partial charge is 0.490 e. The van der Waals surface area contributed by atoms with Gasteiger partial charge in [0.15, 0.2) is 11.5 Å². The van der Waals surface area contributed by atoms with E-state index in [1.807, 2.05) is 20.8 Å². The van der Waals surface area contributed by atoms with Crippen molar-refractivity contribution in [2.24, 2.45) is 0 Å². The van der Waals surface area contributed by atoms with Gasteiger partial charge in [0.2, 0.25) is 5.75 Å². The van der Waals surface area contributed by atoms with E-state index in [2.05, 4.69) is 5.32 Å². The number of hydrogen-bond donors (Lipinski definition) is 1. The van der Waals surface area contributed by atoms with Gasteiger partial charge in [-0.3, -0.25) is 4.79 Å². The molecule has 0 bridgehead atoms. The maximum atomic E-state index is 13.1. The number of carbonyl (C=O) groups is 3. The fraction of sp³-hybridized carbons (Fsp3) is 0.409. The summed E-state index contributed by atoms with van der Waals surface area (Å²) in [5.74, 6) is -0.703. The van der Waals surface area contributed by atoms with Crippen LogP contribution in [0, 0.1) is 6.92 Å². The van der Waals surface area contributed by atoms with E-state index in [0.29, 0.717) is 42.6 Å². The van der Waals surface area contributed by atoms with Crippen molar-refractivity contribution in [3.8, 4) is 17.2 Å². The molecule has 0 unspecified atom stereocenters. The third-order valence-electron chi connectivity index (χ3n) is 4.31. The Balaban J connectivity index is 2.52. The van der Waals surface area contributed by atoms with Crippen LogP contribution in [-0.4, -0.2) is 51.9 Å². The lowest BCUT2D eigenvalue weighted by atomic mass is 10.1. The van der Waals surface area contributed by atoms with Gasteiger partial charge in [-0.15, -0.1) is 11.3 Å². The molecule has 174 valence electrons. The molecular weight excluding hydrogens is 438 g/mol. The Kier molecular flexibility index (Phi) is 8.89. The van der Waals surface area contributed by atoms with Crippen LogP contribution in [0.2, 0.25) is 0 Å². The first-order valence-electron chi connectivity index (χ1n) is 10.00. The zero-order valence-corrected chi connectivity index (χ0v) is 19.8. The highest BCUT2D eigenvalue weighted by molar-refractivity contribution is 7.18. The number of benzene rings is 1. The molecule has 1 amide bonds. The third-order valence-corrected chi connectivity index (χ3v) is 5.49. The second-order valence-corrected chi connectivity index (χ2v) is 7.32. The van der Waals surface area contributed by atoms with Crippen LogP contribution in [0.25, 0.3) is 0 Å². The van der Waals surface area contributed by atoms with Crippen molar-refractivity contribution in [1.29, 1.82) is 0 Å². The lowest BCUT2D eigenvalue weighted by Gasteiger charge is -2.17. The topological polar surface area (TPSA) is 109 Å². The zero-order chi connectivity index (χ0) is 23.8. The zero-order valence-electron chi connectivity index (χ0n) is 19.0. The molecule has 9 nitrogen and oxygen atoms in total. The van der Waals surface area contributed by atoms with Crippen LogP contribution in [0.3, 0.4) is 0 Å². The second kappa shape index (κ2) is 11.4. The average molecular weight is 466 g/mol. The van der Waals surface area contributed by atoms with Crippen molar-refractivity contribution in [2.45, 2.75) is 27.7 Å². The predicted octanol–water partition coefficient (Wildman–Crippen LogP) is 4.08. The van der Waals surface area contributed by atoms with Crippen molar-refractivity contribution in [1.82, 2.24) is 0 Å². The van der Waals surface area contributed by atoms with E-state index in [9.17, 15) is 14.4 Å². The molecule has 0 radical (unpaired) electrons. The molecule has 0 saturated carbocycles. The first-order chi connectivity index (χ1) is 15.3. The monoisotopic (exact) mass is 465 g/mol. The number of methoxy groups -OCH3 is 2. The highest BCUT2D eigenvalue weighted by Crippen LogP contribution is 2.40. The number of nitrogens with one attached hydrogen (secondary N) is 1. The Labute approximate surface area is 190 Å². The summed E-state index contributed by atoms with van der Waals surface area (Å²) in [5.41, 5.74) is 0.676. The van der Waals surface area contributed by atoms with E-state index >= 15 is 0 Å². The van der Waals surface area contributed by atoms with Gasteiger partial charge in [0.25, 0.3) is 5.91 Å². The minimum atomic E-state index is -0.680. The van der Waals surface area contributed by atoms with Crippen LogP contribution in [0.1, 0.15) is 56.7 Å². The van der Waals surface area contributed by atoms with Gasteiger partial charge in [-0.25, -0.2) is 9.59 Å². The second-order valence-electron chi connectivity index (χ2n) is 6.30. The molecule has 0 fully saturated rings. The summed E-state index contributed by atoms with van der Waals surface area (Å²) >= 11 is 0.931. The van der Waals surface area contributed by atoms with Crippen LogP contribution in [0.4, 0.5) is 5.00 Å². The molecule has 32 heavy (non-hydrogen) atoms. The fourth-order valence-corrected chi connectivity index (χ4v) is 4.04. The lowest BCUT2D eigenvalue weighted by Crippen LogP contribution is -2.15. The number of thiophene rings is 1. The Morgan fingerprint density at radius 1 is 0.875 bits per heavy atom. The summed E-state index contributed by atoms with van der Waals surface area (Å²) in [6.07, 6.45) is 0. The van der Waals surface area contributed by atoms with Gasteiger partial charge in [0.1, 0.15) is 9.88 Å². The Morgan fingerprint density at radius 2 is 1.41 bits per heavy atom. The number of carbonyl (C=O) groups excluding carboxylic acids is 3. The minimum Gasteiger partial charge on any atom is -0.490 e. The van der Waals surface area contributed by atoms with Crippen LogP contribution in [0.15, 0.2) is 12.1 Å². The Morgan fingerprint density at radius 3 is 1.88 bits per heavy atom. The van der Waals surface area contributed by atoms with Gasteiger partial charge in [-0.05, 0) is 45.4 Å². The number of anilines is 1. The number of esters is 2. The quantitative estimate of drug-likeness (QED) is 0.523. The van der Waals surface area contributed by atoms with Crippen LogP contribution in [0.5, 0.6) is 17.2 Å². The molecule has 0 aliphatic heterocycles. The highest BCUT2D eigenvalue weighted by atomic mass is 32.1. The molecule has 1 N–H and O–H groups in total. The smallest absolute Gasteiger partial charge is 0.348 e. The van der Waals surface area contributed by atoms with E-state index < -0.39 is 17.8 Å². The van der Waals surface area contributed by atoms with Crippen LogP contribution < -0.4 is 19.5 Å². The SMILES string of the molecule is CCOc1cc(C(=O)Nc2sc(C(=O)OC)c(C)c2C(=O)OC)cc(OCC)c1OCC. The predicted molar refractivity (Wildman–Crippen MR) is 120 cm³/mol. The Hall–Kier alpha value is -3.27. The first kappa shape index (κ1) is 25.0. The first-order valence-corrected chi connectivity index (χ1v) is 10.8. The van der Waals surface area contributed by atoms with Crippen LogP contribution >= 0.6 is 11.3 Å². The minimum absolute atomic E-state index is 0.0900. The van der Waals surface area contributed by atoms with E-state index in [0.717, 1.165) is 11.3 Å². The number of hydrogen-bond acceptors (Lipinski definition) is 9. The molecule has 1 aromatic heterocycles. The fourth-order valence-electron chi connectivity index (χ4n) is 2.93. The molecule has 0 saturated heterocycles. The summed E-state index contributed by atoms with van der Waals surface area (Å²) in [7, 11) is 2.46. The maximum absolute atomic E-state index is 13.1.